The summed E-state index contributed by atoms with van der Waals surface area (Å²) in [5, 5.41) is 7.93. The van der Waals surface area contributed by atoms with Gasteiger partial charge in [-0.05, 0) is 60.7 Å². The predicted octanol–water partition coefficient (Wildman–Crippen LogP) is 6.15. The van der Waals surface area contributed by atoms with Crippen molar-refractivity contribution in [2.75, 3.05) is 11.9 Å². The van der Waals surface area contributed by atoms with Crippen molar-refractivity contribution in [3.8, 4) is 5.75 Å². The van der Waals surface area contributed by atoms with Gasteiger partial charge in [0.15, 0.2) is 6.61 Å². The Labute approximate surface area is 226 Å². The van der Waals surface area contributed by atoms with Crippen molar-refractivity contribution in [2.24, 2.45) is 5.10 Å². The van der Waals surface area contributed by atoms with Crippen molar-refractivity contribution >= 4 is 56.2 Å². The lowest BCUT2D eigenvalue weighted by Crippen LogP contribution is -2.29. The second-order valence-electron chi connectivity index (χ2n) is 9.23. The highest BCUT2D eigenvalue weighted by molar-refractivity contribution is 9.10. The lowest BCUT2D eigenvalue weighted by Gasteiger charge is -2.21. The summed E-state index contributed by atoms with van der Waals surface area (Å²) in [4.78, 5) is 30.4. The third kappa shape index (κ3) is 6.42. The van der Waals surface area contributed by atoms with Crippen LogP contribution in [0.2, 0.25) is 5.02 Å². The zero-order valence-electron chi connectivity index (χ0n) is 20.3. The van der Waals surface area contributed by atoms with Gasteiger partial charge in [0.05, 0.1) is 17.1 Å². The van der Waals surface area contributed by atoms with Crippen LogP contribution in [0.3, 0.4) is 0 Å². The molecule has 7 nitrogen and oxygen atoms in total. The molecule has 0 spiro atoms. The Balaban J connectivity index is 1.64. The van der Waals surface area contributed by atoms with E-state index in [1.807, 2.05) is 26.8 Å². The number of hydrogen-bond acceptors (Lipinski definition) is 5. The van der Waals surface area contributed by atoms with Crippen molar-refractivity contribution in [3.63, 3.8) is 0 Å². The highest BCUT2D eigenvalue weighted by Crippen LogP contribution is 2.24. The summed E-state index contributed by atoms with van der Waals surface area (Å²) >= 11 is 9.60. The molecule has 0 aliphatic rings. The Bertz CT molecular complexity index is 1560. The van der Waals surface area contributed by atoms with Gasteiger partial charge in [-0.3, -0.25) is 9.59 Å². The van der Waals surface area contributed by atoms with Gasteiger partial charge < -0.3 is 10.1 Å². The van der Waals surface area contributed by atoms with Crippen molar-refractivity contribution in [3.05, 3.63) is 97.7 Å². The number of amides is 1. The summed E-state index contributed by atoms with van der Waals surface area (Å²) < 4.78 is 20.8. The molecule has 0 radical (unpaired) electrons. The van der Waals surface area contributed by atoms with Crippen LogP contribution in [0.1, 0.15) is 32.2 Å². The van der Waals surface area contributed by atoms with Crippen LogP contribution in [0.25, 0.3) is 10.9 Å². The van der Waals surface area contributed by atoms with Gasteiger partial charge in [-0.25, -0.2) is 9.37 Å². The fraction of sp³-hybridized carbons (Fsp3) is 0.185. The molecule has 0 saturated carbocycles. The number of carbonyl (C=O) groups excluding carboxylic acids is 1. The maximum atomic E-state index is 13.4. The van der Waals surface area contributed by atoms with E-state index >= 15 is 0 Å². The number of benzene rings is 3. The third-order valence-corrected chi connectivity index (χ3v) is 5.98. The molecule has 37 heavy (non-hydrogen) atoms. The molecule has 3 aromatic carbocycles. The van der Waals surface area contributed by atoms with Crippen molar-refractivity contribution in [1.82, 2.24) is 9.66 Å². The molecule has 0 fully saturated rings. The maximum absolute atomic E-state index is 13.4. The molecular formula is C27H23BrClFN4O3. The van der Waals surface area contributed by atoms with E-state index in [-0.39, 0.29) is 12.2 Å². The minimum Gasteiger partial charge on any atom is -0.483 e. The topological polar surface area (TPSA) is 85.6 Å². The normalized spacial score (nSPS) is 11.7. The quantitative estimate of drug-likeness (QED) is 0.275. The summed E-state index contributed by atoms with van der Waals surface area (Å²) in [5.74, 6) is -0.0155. The van der Waals surface area contributed by atoms with Gasteiger partial charge >= 0.3 is 0 Å². The minimum absolute atomic E-state index is 0.307. The van der Waals surface area contributed by atoms with Crippen LogP contribution >= 0.6 is 27.5 Å². The number of hydrogen-bond donors (Lipinski definition) is 1. The number of ether oxygens (including phenoxy) is 1. The predicted molar refractivity (Wildman–Crippen MR) is 147 cm³/mol. The zero-order chi connectivity index (χ0) is 26.7. The number of aromatic nitrogens is 2. The standard InChI is InChI=1S/C27H23BrClFN4O3/c1-27(2,3)26-33-22-10-4-17(28)13-21(22)25(36)34(26)31-14-16-12-18(29)5-11-23(16)37-15-24(35)32-20-8-6-19(30)7-9-20/h4-14H,15H2,1-3H3,(H,32,35). The first-order chi connectivity index (χ1) is 17.5. The molecule has 0 atom stereocenters. The van der Waals surface area contributed by atoms with Crippen LogP contribution in [-0.4, -0.2) is 28.4 Å². The molecule has 1 heterocycles. The highest BCUT2D eigenvalue weighted by Gasteiger charge is 2.23. The number of fused-ring (bicyclic) bond motifs is 1. The zero-order valence-corrected chi connectivity index (χ0v) is 22.6. The highest BCUT2D eigenvalue weighted by atomic mass is 79.9. The van der Waals surface area contributed by atoms with E-state index in [0.29, 0.717) is 38.8 Å². The maximum Gasteiger partial charge on any atom is 0.282 e. The minimum atomic E-state index is -0.482. The molecule has 0 bridgehead atoms. The number of halogens is 3. The van der Waals surface area contributed by atoms with E-state index in [1.54, 1.807) is 30.3 Å². The molecule has 0 saturated heterocycles. The van der Waals surface area contributed by atoms with E-state index in [2.05, 4.69) is 26.3 Å². The Hall–Kier alpha value is -3.56. The van der Waals surface area contributed by atoms with Gasteiger partial charge in [-0.2, -0.15) is 9.78 Å². The fourth-order valence-corrected chi connectivity index (χ4v) is 4.03. The summed E-state index contributed by atoms with van der Waals surface area (Å²) in [6.45, 7) is 5.52. The summed E-state index contributed by atoms with van der Waals surface area (Å²) in [6.07, 6.45) is 1.45. The van der Waals surface area contributed by atoms with Crippen LogP contribution in [0.15, 0.2) is 75.0 Å². The average Bonchev–Trinajstić information content (AvgIpc) is 2.84. The summed E-state index contributed by atoms with van der Waals surface area (Å²) in [7, 11) is 0. The van der Waals surface area contributed by atoms with Gasteiger partial charge in [-0.1, -0.05) is 48.3 Å². The number of nitrogens with zero attached hydrogens (tertiary/aromatic N) is 3. The van der Waals surface area contributed by atoms with Gasteiger partial charge in [0.2, 0.25) is 0 Å². The first-order valence-corrected chi connectivity index (χ1v) is 12.4. The number of rotatable bonds is 6. The van der Waals surface area contributed by atoms with E-state index in [1.165, 1.54) is 35.2 Å². The largest absolute Gasteiger partial charge is 0.483 e. The van der Waals surface area contributed by atoms with E-state index < -0.39 is 17.1 Å². The lowest BCUT2D eigenvalue weighted by molar-refractivity contribution is -0.118. The Kier molecular flexibility index (Phi) is 7.75. The Morgan fingerprint density at radius 1 is 1.16 bits per heavy atom. The van der Waals surface area contributed by atoms with E-state index in [4.69, 9.17) is 21.3 Å². The van der Waals surface area contributed by atoms with Crippen LogP contribution in [0, 0.1) is 5.82 Å². The molecule has 0 unspecified atom stereocenters. The van der Waals surface area contributed by atoms with Gasteiger partial charge in [-0.15, -0.1) is 0 Å². The molecule has 190 valence electrons. The Morgan fingerprint density at radius 3 is 2.59 bits per heavy atom. The fourth-order valence-electron chi connectivity index (χ4n) is 3.49. The number of nitrogens with one attached hydrogen (secondary N) is 1. The molecule has 1 N–H and O–H groups in total. The van der Waals surface area contributed by atoms with Gasteiger partial charge in [0, 0.05) is 26.2 Å². The molecular weight excluding hydrogens is 563 g/mol. The number of carbonyl (C=O) groups is 1. The molecule has 1 amide bonds. The van der Waals surface area contributed by atoms with Crippen LogP contribution < -0.4 is 15.6 Å². The van der Waals surface area contributed by atoms with Crippen molar-refractivity contribution in [2.45, 2.75) is 26.2 Å². The monoisotopic (exact) mass is 584 g/mol. The SMILES string of the molecule is CC(C)(C)c1nc2ccc(Br)cc2c(=O)n1N=Cc1cc(Cl)ccc1OCC(=O)Nc1ccc(F)cc1. The lowest BCUT2D eigenvalue weighted by atomic mass is 9.95. The average molecular weight is 586 g/mol. The smallest absolute Gasteiger partial charge is 0.282 e. The molecule has 10 heteroatoms. The van der Waals surface area contributed by atoms with E-state index in [0.717, 1.165) is 4.47 Å². The summed E-state index contributed by atoms with van der Waals surface area (Å²) in [5.41, 5.74) is 0.670. The van der Waals surface area contributed by atoms with Crippen LogP contribution in [0.4, 0.5) is 10.1 Å². The second kappa shape index (κ2) is 10.8. The molecule has 0 aliphatic heterocycles. The molecule has 1 aromatic heterocycles. The van der Waals surface area contributed by atoms with E-state index in [9.17, 15) is 14.0 Å². The van der Waals surface area contributed by atoms with Crippen molar-refractivity contribution in [1.29, 1.82) is 0 Å². The van der Waals surface area contributed by atoms with Crippen LogP contribution in [-0.2, 0) is 10.2 Å². The molecule has 0 aliphatic carbocycles. The molecule has 4 aromatic rings. The van der Waals surface area contributed by atoms with Crippen LogP contribution in [0.5, 0.6) is 5.75 Å². The first kappa shape index (κ1) is 26.5. The third-order valence-electron chi connectivity index (χ3n) is 5.25. The summed E-state index contributed by atoms with van der Waals surface area (Å²) in [6, 6.07) is 15.6. The molecule has 4 rings (SSSR count). The van der Waals surface area contributed by atoms with Crippen molar-refractivity contribution < 1.29 is 13.9 Å². The second-order valence-corrected chi connectivity index (χ2v) is 10.6. The van der Waals surface area contributed by atoms with Gasteiger partial charge in [0.25, 0.3) is 11.5 Å². The van der Waals surface area contributed by atoms with Gasteiger partial charge in [0.1, 0.15) is 17.4 Å². The first-order valence-electron chi connectivity index (χ1n) is 11.3. The Morgan fingerprint density at radius 2 is 1.89 bits per heavy atom. The number of anilines is 1.